The fourth-order valence-corrected chi connectivity index (χ4v) is 4.76. The number of amidine groups is 1. The molecule has 174 valence electrons. The molecule has 0 aliphatic carbocycles. The molecule has 2 aliphatic rings. The zero-order valence-electron chi connectivity index (χ0n) is 17.9. The highest BCUT2D eigenvalue weighted by Gasteiger charge is 2.40. The van der Waals surface area contributed by atoms with Crippen LogP contribution in [-0.2, 0) is 0 Å². The van der Waals surface area contributed by atoms with E-state index in [0.29, 0.717) is 35.9 Å². The lowest BCUT2D eigenvalue weighted by Gasteiger charge is -2.39. The number of halogens is 3. The molecule has 2 saturated heterocycles. The van der Waals surface area contributed by atoms with E-state index in [1.165, 1.54) is 0 Å². The topological polar surface area (TPSA) is 129 Å². The summed E-state index contributed by atoms with van der Waals surface area (Å²) < 4.78 is 38.1. The van der Waals surface area contributed by atoms with Gasteiger partial charge in [-0.05, 0) is 37.8 Å². The first-order chi connectivity index (χ1) is 15.7. The van der Waals surface area contributed by atoms with E-state index in [4.69, 9.17) is 16.7 Å². The van der Waals surface area contributed by atoms with Crippen molar-refractivity contribution >= 4 is 28.4 Å². The maximum absolute atomic E-state index is 12.7. The lowest BCUT2D eigenvalue weighted by atomic mass is 9.97. The maximum Gasteiger partial charge on any atom is 0.430 e. The van der Waals surface area contributed by atoms with Gasteiger partial charge in [-0.2, -0.15) is 18.4 Å². The van der Waals surface area contributed by atoms with Gasteiger partial charge in [0, 0.05) is 54.8 Å². The smallest absolute Gasteiger partial charge is 0.395 e. The lowest BCUT2D eigenvalue weighted by molar-refractivity contribution is -0.0925. The van der Waals surface area contributed by atoms with Gasteiger partial charge in [-0.3, -0.25) is 9.88 Å². The number of hydrogen-bond acceptors (Lipinski definition) is 7. The number of pyridine rings is 2. The number of anilines is 1. The molecule has 33 heavy (non-hydrogen) atoms. The van der Waals surface area contributed by atoms with E-state index in [2.05, 4.69) is 31.2 Å². The number of nitrogens with zero attached hydrogens (tertiary/aromatic N) is 5. The Morgan fingerprint density at radius 3 is 2.70 bits per heavy atom. The van der Waals surface area contributed by atoms with Gasteiger partial charge in [-0.1, -0.05) is 0 Å². The van der Waals surface area contributed by atoms with Crippen LogP contribution in [0.5, 0.6) is 0 Å². The number of hydrogen-bond donors (Lipinski definition) is 3. The van der Waals surface area contributed by atoms with Gasteiger partial charge in [0.05, 0.1) is 11.6 Å². The van der Waals surface area contributed by atoms with Gasteiger partial charge >= 0.3 is 6.18 Å². The van der Waals surface area contributed by atoms with Crippen LogP contribution in [0.2, 0.25) is 0 Å². The zero-order valence-corrected chi connectivity index (χ0v) is 17.9. The van der Waals surface area contributed by atoms with Crippen LogP contribution < -0.4 is 16.8 Å². The minimum absolute atomic E-state index is 0.141. The van der Waals surface area contributed by atoms with Crippen LogP contribution in [0.3, 0.4) is 0 Å². The quantitative estimate of drug-likeness (QED) is 0.447. The van der Waals surface area contributed by atoms with E-state index < -0.39 is 17.7 Å². The Hall–Kier alpha value is -3.39. The van der Waals surface area contributed by atoms with Crippen molar-refractivity contribution < 1.29 is 13.2 Å². The predicted octanol–water partition coefficient (Wildman–Crippen LogP) is 3.34. The van der Waals surface area contributed by atoms with Crippen molar-refractivity contribution in [1.82, 2.24) is 14.9 Å². The molecule has 3 atom stereocenters. The van der Waals surface area contributed by atoms with E-state index in [9.17, 15) is 13.2 Å². The van der Waals surface area contributed by atoms with Crippen LogP contribution >= 0.6 is 0 Å². The highest BCUT2D eigenvalue weighted by atomic mass is 19.4. The molecule has 0 amide bonds. The fraction of sp³-hybridized carbons (Fsp3) is 0.455. The van der Waals surface area contributed by atoms with E-state index >= 15 is 0 Å². The van der Waals surface area contributed by atoms with Crippen LogP contribution in [0.15, 0.2) is 41.2 Å². The van der Waals surface area contributed by atoms with Gasteiger partial charge in [0.15, 0.2) is 5.82 Å². The molecule has 0 saturated carbocycles. The number of alkyl halides is 3. The summed E-state index contributed by atoms with van der Waals surface area (Å²) in [6.07, 6.45) is 2.10. The third-order valence-corrected chi connectivity index (χ3v) is 6.17. The molecule has 2 bridgehead atoms. The molecule has 0 spiro atoms. The van der Waals surface area contributed by atoms with E-state index in [0.717, 1.165) is 37.6 Å². The lowest BCUT2D eigenvalue weighted by Crippen LogP contribution is -2.47. The van der Waals surface area contributed by atoms with Crippen molar-refractivity contribution in [3.63, 3.8) is 0 Å². The summed E-state index contributed by atoms with van der Waals surface area (Å²) >= 11 is 0. The van der Waals surface area contributed by atoms with Gasteiger partial charge in [0.1, 0.15) is 17.4 Å². The summed E-state index contributed by atoms with van der Waals surface area (Å²) in [4.78, 5) is 15.3. The monoisotopic (exact) mass is 458 g/mol. The molecule has 0 aromatic carbocycles. The molecule has 2 aromatic rings. The third-order valence-electron chi connectivity index (χ3n) is 6.17. The fourth-order valence-electron chi connectivity index (χ4n) is 4.76. The second-order valence-electron chi connectivity index (χ2n) is 8.38. The van der Waals surface area contributed by atoms with Crippen LogP contribution in [0, 0.1) is 11.3 Å². The summed E-state index contributed by atoms with van der Waals surface area (Å²) in [6, 6.07) is 8.50. The largest absolute Gasteiger partial charge is 0.430 e. The van der Waals surface area contributed by atoms with Crippen molar-refractivity contribution in [2.24, 2.45) is 16.5 Å². The number of nitriles is 1. The van der Waals surface area contributed by atoms with E-state index in [1.807, 2.05) is 6.07 Å². The maximum atomic E-state index is 12.7. The molecule has 2 fully saturated rings. The van der Waals surface area contributed by atoms with Gasteiger partial charge in [0.2, 0.25) is 0 Å². The molecule has 4 rings (SSSR count). The number of aliphatic imine (C=N–C) groups is 1. The SMILES string of the molecule is N#CCCN1[C@@H]2CC[C@H]1CC(Nc1nc(N=C(N)/C=C(\N)C(F)(F)F)cc3ncccc13)C2. The molecular formula is C22H25F3N8. The van der Waals surface area contributed by atoms with Gasteiger partial charge < -0.3 is 16.8 Å². The standard InChI is InChI=1S/C22H25F3N8/c23-22(24,25)18(27)12-19(28)31-20-11-17-16(3-1-7-29-17)21(32-20)30-13-9-14-4-5-15(10-13)33(14)8-2-6-26/h1,3,7,11-15H,2,4-5,8-10,27H2,(H3,28,30,31,32)/b18-12-/t13?,14-,15+. The minimum Gasteiger partial charge on any atom is -0.395 e. The Bertz CT molecular complexity index is 1110. The summed E-state index contributed by atoms with van der Waals surface area (Å²) in [7, 11) is 0. The van der Waals surface area contributed by atoms with Gasteiger partial charge in [-0.15, -0.1) is 0 Å². The summed E-state index contributed by atoms with van der Waals surface area (Å²) in [5.74, 6) is 0.305. The molecular weight excluding hydrogens is 433 g/mol. The second-order valence-corrected chi connectivity index (χ2v) is 8.38. The van der Waals surface area contributed by atoms with E-state index in [1.54, 1.807) is 18.3 Å². The number of nitrogens with two attached hydrogens (primary N) is 2. The van der Waals surface area contributed by atoms with Crippen molar-refractivity contribution in [3.05, 3.63) is 36.2 Å². The Morgan fingerprint density at radius 1 is 1.30 bits per heavy atom. The first-order valence-corrected chi connectivity index (χ1v) is 10.8. The Labute approximate surface area is 189 Å². The Balaban J connectivity index is 1.58. The van der Waals surface area contributed by atoms with Crippen molar-refractivity contribution in [3.8, 4) is 6.07 Å². The van der Waals surface area contributed by atoms with Crippen molar-refractivity contribution in [2.75, 3.05) is 11.9 Å². The van der Waals surface area contributed by atoms with Gasteiger partial charge in [-0.25, -0.2) is 9.98 Å². The molecule has 2 aliphatic heterocycles. The summed E-state index contributed by atoms with van der Waals surface area (Å²) in [5, 5.41) is 13.2. The molecule has 11 heteroatoms. The van der Waals surface area contributed by atoms with Crippen LogP contribution in [-0.4, -0.2) is 51.6 Å². The molecule has 8 nitrogen and oxygen atoms in total. The average molecular weight is 458 g/mol. The number of allylic oxidation sites excluding steroid dienone is 1. The minimum atomic E-state index is -4.69. The molecule has 5 N–H and O–H groups in total. The number of piperidine rings is 1. The Morgan fingerprint density at radius 2 is 2.03 bits per heavy atom. The third kappa shape index (κ3) is 5.17. The highest BCUT2D eigenvalue weighted by molar-refractivity contribution is 5.95. The Kier molecular flexibility index (Phi) is 6.37. The first kappa shape index (κ1) is 22.8. The molecule has 1 unspecified atom stereocenters. The summed E-state index contributed by atoms with van der Waals surface area (Å²) in [6.45, 7) is 0.793. The van der Waals surface area contributed by atoms with Crippen LogP contribution in [0.1, 0.15) is 32.1 Å². The highest BCUT2D eigenvalue weighted by Crippen LogP contribution is 2.37. The predicted molar refractivity (Wildman–Crippen MR) is 120 cm³/mol. The van der Waals surface area contributed by atoms with E-state index in [-0.39, 0.29) is 11.9 Å². The molecule has 0 radical (unpaired) electrons. The number of aromatic nitrogens is 2. The molecule has 4 heterocycles. The number of rotatable bonds is 6. The van der Waals surface area contributed by atoms with Crippen LogP contribution in [0.25, 0.3) is 10.9 Å². The van der Waals surface area contributed by atoms with Crippen molar-refractivity contribution in [1.29, 1.82) is 5.26 Å². The first-order valence-electron chi connectivity index (χ1n) is 10.8. The average Bonchev–Trinajstić information content (AvgIpc) is 2.99. The normalized spacial score (nSPS) is 24.1. The van der Waals surface area contributed by atoms with Gasteiger partial charge in [0.25, 0.3) is 0 Å². The summed E-state index contributed by atoms with van der Waals surface area (Å²) in [5.41, 5.74) is 9.96. The molecule has 2 aromatic heterocycles. The number of nitrogens with one attached hydrogen (secondary N) is 1. The second kappa shape index (κ2) is 9.23. The van der Waals surface area contributed by atoms with Crippen LogP contribution in [0.4, 0.5) is 24.8 Å². The zero-order chi connectivity index (χ0) is 23.6. The van der Waals surface area contributed by atoms with Crippen molar-refractivity contribution in [2.45, 2.75) is 56.4 Å². The number of fused-ring (bicyclic) bond motifs is 3.